The fourth-order valence-electron chi connectivity index (χ4n) is 9.65. The smallest absolute Gasteiger partial charge is 0.161 e. The molecule has 0 aliphatic rings. The molecule has 13 aromatic rings. The second-order valence-electron chi connectivity index (χ2n) is 16.2. The van der Waals surface area contributed by atoms with Crippen LogP contribution in [0.1, 0.15) is 0 Å². The highest BCUT2D eigenvalue weighted by Crippen LogP contribution is 2.43. The van der Waals surface area contributed by atoms with Crippen molar-refractivity contribution in [3.8, 4) is 56.4 Å². The number of hydrogen-bond donors (Lipinski definition) is 0. The lowest BCUT2D eigenvalue weighted by Gasteiger charge is -2.15. The number of nitrogens with zero attached hydrogens (tertiary/aromatic N) is 4. The Morgan fingerprint density at radius 2 is 0.841 bits per heavy atom. The quantitative estimate of drug-likeness (QED) is 0.168. The van der Waals surface area contributed by atoms with Crippen molar-refractivity contribution in [3.05, 3.63) is 218 Å². The third-order valence-corrected chi connectivity index (χ3v) is 12.5. The molecule has 0 atom stereocenters. The van der Waals surface area contributed by atoms with E-state index < -0.39 is 0 Å². The number of aromatic nitrogens is 4. The number of para-hydroxylation sites is 4. The topological polar surface area (TPSA) is 48.8 Å². The molecule has 13 rings (SSSR count). The van der Waals surface area contributed by atoms with Crippen LogP contribution in [-0.4, -0.2) is 19.1 Å². The maximum Gasteiger partial charge on any atom is 0.161 e. The standard InChI is InChI=1S/C58H36N4O/c1-4-16-37(17-5-1)50-36-51(38-18-6-2-7-19-38)60-58(59-50)49-34-47-43-23-11-13-25-52(43)61(40-20-8-3-9-21-40)55(47)35-45(49)39-28-30-54-46(32-39)42-22-10-14-26-53(42)62(54)41-29-31-57-48(33-41)44-24-12-15-27-56(44)63-57/h1-36H. The molecule has 0 fully saturated rings. The molecule has 0 aliphatic carbocycles. The fourth-order valence-corrected chi connectivity index (χ4v) is 9.65. The lowest BCUT2D eigenvalue weighted by atomic mass is 9.95. The molecule has 0 bridgehead atoms. The first-order valence-corrected chi connectivity index (χ1v) is 21.3. The molecule has 0 saturated heterocycles. The van der Waals surface area contributed by atoms with Gasteiger partial charge in [-0.15, -0.1) is 0 Å². The van der Waals surface area contributed by atoms with Crippen LogP contribution in [0.2, 0.25) is 0 Å². The maximum atomic E-state index is 6.24. The van der Waals surface area contributed by atoms with Gasteiger partial charge in [-0.3, -0.25) is 0 Å². The number of rotatable bonds is 6. The van der Waals surface area contributed by atoms with Gasteiger partial charge in [-0.25, -0.2) is 9.97 Å². The van der Waals surface area contributed by atoms with Crippen LogP contribution in [0.4, 0.5) is 0 Å². The zero-order valence-electron chi connectivity index (χ0n) is 34.0. The molecule has 0 N–H and O–H groups in total. The van der Waals surface area contributed by atoms with Gasteiger partial charge < -0.3 is 13.6 Å². The molecule has 294 valence electrons. The van der Waals surface area contributed by atoms with Crippen LogP contribution in [0.5, 0.6) is 0 Å². The van der Waals surface area contributed by atoms with Gasteiger partial charge in [0.05, 0.1) is 33.5 Å². The second-order valence-corrected chi connectivity index (χ2v) is 16.2. The predicted molar refractivity (Wildman–Crippen MR) is 260 cm³/mol. The number of benzene rings is 9. The van der Waals surface area contributed by atoms with Crippen molar-refractivity contribution >= 4 is 65.6 Å². The van der Waals surface area contributed by atoms with Gasteiger partial charge in [-0.2, -0.15) is 0 Å². The van der Waals surface area contributed by atoms with Gasteiger partial charge in [0.15, 0.2) is 5.82 Å². The van der Waals surface area contributed by atoms with Crippen molar-refractivity contribution < 1.29 is 4.42 Å². The molecule has 4 heterocycles. The Bertz CT molecular complexity index is 3840. The minimum atomic E-state index is 0.673. The van der Waals surface area contributed by atoms with Crippen LogP contribution in [0, 0.1) is 0 Å². The lowest BCUT2D eigenvalue weighted by Crippen LogP contribution is -1.99. The maximum absolute atomic E-state index is 6.24. The minimum Gasteiger partial charge on any atom is -0.456 e. The predicted octanol–water partition coefficient (Wildman–Crippen LogP) is 15.2. The molecule has 9 aromatic carbocycles. The molecule has 0 unspecified atom stereocenters. The van der Waals surface area contributed by atoms with E-state index in [0.717, 1.165) is 100.0 Å². The lowest BCUT2D eigenvalue weighted by molar-refractivity contribution is 0.669. The van der Waals surface area contributed by atoms with E-state index >= 15 is 0 Å². The van der Waals surface area contributed by atoms with E-state index in [0.29, 0.717) is 5.82 Å². The summed E-state index contributed by atoms with van der Waals surface area (Å²) in [5.74, 6) is 0.673. The summed E-state index contributed by atoms with van der Waals surface area (Å²) < 4.78 is 11.0. The Hall–Kier alpha value is -8.54. The van der Waals surface area contributed by atoms with Crippen molar-refractivity contribution in [3.63, 3.8) is 0 Å². The van der Waals surface area contributed by atoms with Crippen LogP contribution in [0.15, 0.2) is 223 Å². The van der Waals surface area contributed by atoms with Crippen molar-refractivity contribution in [2.24, 2.45) is 0 Å². The van der Waals surface area contributed by atoms with E-state index in [2.05, 4.69) is 203 Å². The third kappa shape index (κ3) is 5.64. The van der Waals surface area contributed by atoms with E-state index in [4.69, 9.17) is 14.4 Å². The average Bonchev–Trinajstić information content (AvgIpc) is 4.01. The Morgan fingerprint density at radius 3 is 1.52 bits per heavy atom. The summed E-state index contributed by atoms with van der Waals surface area (Å²) in [4.78, 5) is 10.8. The average molecular weight is 805 g/mol. The first kappa shape index (κ1) is 35.2. The highest BCUT2D eigenvalue weighted by molar-refractivity contribution is 6.15. The van der Waals surface area contributed by atoms with Gasteiger partial charge in [-0.1, -0.05) is 140 Å². The highest BCUT2D eigenvalue weighted by atomic mass is 16.3. The molecule has 0 spiro atoms. The van der Waals surface area contributed by atoms with E-state index in [1.807, 2.05) is 24.3 Å². The molecule has 0 aliphatic heterocycles. The third-order valence-electron chi connectivity index (χ3n) is 12.5. The monoisotopic (exact) mass is 804 g/mol. The van der Waals surface area contributed by atoms with Crippen molar-refractivity contribution in [2.45, 2.75) is 0 Å². The Labute approximate surface area is 362 Å². The van der Waals surface area contributed by atoms with E-state index in [9.17, 15) is 0 Å². The van der Waals surface area contributed by atoms with Crippen molar-refractivity contribution in [1.82, 2.24) is 19.1 Å². The van der Waals surface area contributed by atoms with Gasteiger partial charge in [-0.05, 0) is 90.0 Å². The van der Waals surface area contributed by atoms with Gasteiger partial charge in [0.25, 0.3) is 0 Å². The minimum absolute atomic E-state index is 0.673. The molecular weight excluding hydrogens is 769 g/mol. The van der Waals surface area contributed by atoms with E-state index in [-0.39, 0.29) is 0 Å². The Morgan fingerprint density at radius 1 is 0.302 bits per heavy atom. The van der Waals surface area contributed by atoms with Gasteiger partial charge in [0.1, 0.15) is 11.2 Å². The largest absolute Gasteiger partial charge is 0.456 e. The Kier molecular flexibility index (Phi) is 7.84. The zero-order valence-corrected chi connectivity index (χ0v) is 34.0. The summed E-state index contributed by atoms with van der Waals surface area (Å²) in [7, 11) is 0. The van der Waals surface area contributed by atoms with Crippen LogP contribution >= 0.6 is 0 Å². The van der Waals surface area contributed by atoms with E-state index in [1.54, 1.807) is 0 Å². The van der Waals surface area contributed by atoms with Crippen molar-refractivity contribution in [1.29, 1.82) is 0 Å². The fraction of sp³-hybridized carbons (Fsp3) is 0. The molecule has 5 heteroatoms. The molecule has 4 aromatic heterocycles. The summed E-state index contributed by atoms with van der Waals surface area (Å²) >= 11 is 0. The summed E-state index contributed by atoms with van der Waals surface area (Å²) in [6.45, 7) is 0. The van der Waals surface area contributed by atoms with Gasteiger partial charge >= 0.3 is 0 Å². The molecule has 0 saturated carbocycles. The number of furan rings is 1. The van der Waals surface area contributed by atoms with Gasteiger partial charge in [0, 0.05) is 60.4 Å². The number of fused-ring (bicyclic) bond motifs is 9. The molecular formula is C58H36N4O. The summed E-state index contributed by atoms with van der Waals surface area (Å²) in [6.07, 6.45) is 0. The van der Waals surface area contributed by atoms with Gasteiger partial charge in [0.2, 0.25) is 0 Å². The molecule has 0 radical (unpaired) electrons. The van der Waals surface area contributed by atoms with Crippen LogP contribution in [-0.2, 0) is 0 Å². The van der Waals surface area contributed by atoms with Crippen LogP contribution in [0.25, 0.3) is 122 Å². The summed E-state index contributed by atoms with van der Waals surface area (Å²) in [5.41, 5.74) is 15.4. The summed E-state index contributed by atoms with van der Waals surface area (Å²) in [6, 6.07) is 77.4. The Balaban J connectivity index is 1.10. The highest BCUT2D eigenvalue weighted by Gasteiger charge is 2.22. The first-order valence-electron chi connectivity index (χ1n) is 21.3. The summed E-state index contributed by atoms with van der Waals surface area (Å²) in [5, 5.41) is 6.88. The molecule has 63 heavy (non-hydrogen) atoms. The second kappa shape index (κ2) is 14.0. The van der Waals surface area contributed by atoms with E-state index in [1.165, 1.54) is 16.2 Å². The first-order chi connectivity index (χ1) is 31.2. The molecule has 5 nitrogen and oxygen atoms in total. The normalized spacial score (nSPS) is 11.8. The zero-order chi connectivity index (χ0) is 41.4. The molecule has 0 amide bonds. The number of hydrogen-bond acceptors (Lipinski definition) is 3. The van der Waals surface area contributed by atoms with Crippen LogP contribution < -0.4 is 0 Å². The van der Waals surface area contributed by atoms with Crippen LogP contribution in [0.3, 0.4) is 0 Å². The SMILES string of the molecule is c1ccc(-c2cc(-c3ccccc3)nc(-c3cc4c5ccccc5n(-c5ccccc5)c4cc3-c3ccc4c(c3)c3ccccc3n4-c3ccc4oc5ccccc5c4c3)n2)cc1. The van der Waals surface area contributed by atoms with Crippen molar-refractivity contribution in [2.75, 3.05) is 0 Å².